The van der Waals surface area contributed by atoms with E-state index >= 15 is 0 Å². The lowest BCUT2D eigenvalue weighted by Crippen LogP contribution is -2.29. The maximum absolute atomic E-state index is 14.3. The number of halogens is 2. The van der Waals surface area contributed by atoms with Gasteiger partial charge in [0, 0.05) is 30.3 Å². The van der Waals surface area contributed by atoms with Crippen molar-refractivity contribution in [2.75, 3.05) is 26.0 Å². The lowest BCUT2D eigenvalue weighted by molar-refractivity contribution is 0.391. The van der Waals surface area contributed by atoms with Crippen molar-refractivity contribution in [2.24, 2.45) is 4.99 Å². The van der Waals surface area contributed by atoms with Gasteiger partial charge in [0.1, 0.15) is 11.6 Å². The van der Waals surface area contributed by atoms with Crippen LogP contribution in [0.5, 0.6) is 5.88 Å². The number of fused-ring (bicyclic) bond motifs is 1. The number of benzene rings is 2. The first kappa shape index (κ1) is 18.8. The Morgan fingerprint density at radius 1 is 1.22 bits per heavy atom. The summed E-state index contributed by atoms with van der Waals surface area (Å²) in [6.45, 7) is 2.74. The standard InChI is InChI=1S/C20H22F2N4O/c1-12(11-26(2)3)24-17-8-7-13(9-16(17)22)23-10-14-19-15(21)5-4-6-18(19)25-20(14)27/h4-10,12,24-25,27H,11H2,1-3H3. The summed E-state index contributed by atoms with van der Waals surface area (Å²) >= 11 is 0. The van der Waals surface area contributed by atoms with E-state index in [1.807, 2.05) is 25.9 Å². The summed E-state index contributed by atoms with van der Waals surface area (Å²) in [4.78, 5) is 8.90. The van der Waals surface area contributed by atoms with E-state index in [0.717, 1.165) is 6.54 Å². The number of aromatic hydroxyl groups is 1. The van der Waals surface area contributed by atoms with Crippen molar-refractivity contribution in [3.8, 4) is 5.88 Å². The van der Waals surface area contributed by atoms with Gasteiger partial charge in [-0.15, -0.1) is 0 Å². The number of aromatic nitrogens is 1. The maximum atomic E-state index is 14.3. The summed E-state index contributed by atoms with van der Waals surface area (Å²) in [7, 11) is 3.91. The van der Waals surface area contributed by atoms with Gasteiger partial charge in [0.05, 0.1) is 22.5 Å². The zero-order valence-electron chi connectivity index (χ0n) is 15.4. The van der Waals surface area contributed by atoms with Gasteiger partial charge in [-0.1, -0.05) is 6.07 Å². The van der Waals surface area contributed by atoms with E-state index in [2.05, 4.69) is 15.3 Å². The van der Waals surface area contributed by atoms with E-state index in [4.69, 9.17) is 0 Å². The fraction of sp³-hybridized carbons (Fsp3) is 0.250. The molecule has 0 bridgehead atoms. The van der Waals surface area contributed by atoms with E-state index < -0.39 is 11.6 Å². The Hall–Kier alpha value is -2.93. The molecular formula is C20H22F2N4O. The Labute approximate surface area is 156 Å². The summed E-state index contributed by atoms with van der Waals surface area (Å²) in [5, 5.41) is 13.4. The Balaban J connectivity index is 1.83. The minimum atomic E-state index is -0.467. The molecule has 0 aliphatic heterocycles. The molecule has 0 radical (unpaired) electrons. The molecule has 0 spiro atoms. The largest absolute Gasteiger partial charge is 0.494 e. The van der Waals surface area contributed by atoms with Crippen LogP contribution in [0.4, 0.5) is 20.2 Å². The molecule has 5 nitrogen and oxygen atoms in total. The molecular weight excluding hydrogens is 350 g/mol. The summed E-state index contributed by atoms with van der Waals surface area (Å²) < 4.78 is 28.4. The van der Waals surface area contributed by atoms with E-state index in [9.17, 15) is 13.9 Å². The van der Waals surface area contributed by atoms with Gasteiger partial charge in [0.25, 0.3) is 0 Å². The normalized spacial score (nSPS) is 13.0. The zero-order chi connectivity index (χ0) is 19.6. The van der Waals surface area contributed by atoms with Crippen molar-refractivity contribution in [1.29, 1.82) is 0 Å². The van der Waals surface area contributed by atoms with Gasteiger partial charge >= 0.3 is 0 Å². The minimum Gasteiger partial charge on any atom is -0.494 e. The van der Waals surface area contributed by atoms with Crippen molar-refractivity contribution in [3.05, 3.63) is 53.6 Å². The highest BCUT2D eigenvalue weighted by Gasteiger charge is 2.13. The van der Waals surface area contributed by atoms with Gasteiger partial charge in [-0.3, -0.25) is 4.99 Å². The summed E-state index contributed by atoms with van der Waals surface area (Å²) in [6.07, 6.45) is 1.33. The van der Waals surface area contributed by atoms with E-state index in [1.54, 1.807) is 24.3 Å². The van der Waals surface area contributed by atoms with Gasteiger partial charge in [0.15, 0.2) is 5.88 Å². The monoisotopic (exact) mass is 372 g/mol. The lowest BCUT2D eigenvalue weighted by Gasteiger charge is -2.19. The Morgan fingerprint density at radius 3 is 2.70 bits per heavy atom. The summed E-state index contributed by atoms with van der Waals surface area (Å²) in [6, 6.07) is 9.16. The number of anilines is 1. The fourth-order valence-electron chi connectivity index (χ4n) is 3.04. The van der Waals surface area contributed by atoms with Crippen LogP contribution in [-0.4, -0.2) is 47.9 Å². The van der Waals surface area contributed by atoms with Crippen molar-refractivity contribution < 1.29 is 13.9 Å². The van der Waals surface area contributed by atoms with Gasteiger partial charge in [-0.25, -0.2) is 8.78 Å². The smallest absolute Gasteiger partial charge is 0.198 e. The van der Waals surface area contributed by atoms with Gasteiger partial charge < -0.3 is 20.3 Å². The third-order valence-corrected chi connectivity index (χ3v) is 4.13. The highest BCUT2D eigenvalue weighted by atomic mass is 19.1. The molecule has 1 heterocycles. The molecule has 0 amide bonds. The van der Waals surface area contributed by atoms with Crippen LogP contribution in [0.2, 0.25) is 0 Å². The molecule has 3 rings (SSSR count). The fourth-order valence-corrected chi connectivity index (χ4v) is 3.04. The number of nitrogens with zero attached hydrogens (tertiary/aromatic N) is 2. The molecule has 2 aromatic carbocycles. The quantitative estimate of drug-likeness (QED) is 0.567. The van der Waals surface area contributed by atoms with Gasteiger partial charge in [-0.2, -0.15) is 0 Å². The van der Waals surface area contributed by atoms with Crippen LogP contribution >= 0.6 is 0 Å². The third-order valence-electron chi connectivity index (χ3n) is 4.13. The SMILES string of the molecule is CC(CN(C)C)Nc1ccc(N=Cc2c(O)[nH]c3cccc(F)c23)cc1F. The van der Waals surface area contributed by atoms with Crippen molar-refractivity contribution in [2.45, 2.75) is 13.0 Å². The van der Waals surface area contributed by atoms with Gasteiger partial charge in [0.2, 0.25) is 0 Å². The molecule has 0 saturated heterocycles. The van der Waals surface area contributed by atoms with Crippen LogP contribution in [-0.2, 0) is 0 Å². The lowest BCUT2D eigenvalue weighted by atomic mass is 10.1. The predicted octanol–water partition coefficient (Wildman–Crippen LogP) is 4.26. The first-order chi connectivity index (χ1) is 12.8. The molecule has 142 valence electrons. The number of hydrogen-bond donors (Lipinski definition) is 3. The Morgan fingerprint density at radius 2 is 2.00 bits per heavy atom. The molecule has 0 aliphatic carbocycles. The van der Waals surface area contributed by atoms with Crippen LogP contribution in [0.1, 0.15) is 12.5 Å². The number of H-pyrrole nitrogens is 1. The maximum Gasteiger partial charge on any atom is 0.198 e. The molecule has 0 aliphatic rings. The Bertz CT molecular complexity index is 982. The number of likely N-dealkylation sites (N-methyl/N-ethyl adjacent to an activating group) is 1. The van der Waals surface area contributed by atoms with Crippen LogP contribution in [0.3, 0.4) is 0 Å². The second-order valence-electron chi connectivity index (χ2n) is 6.78. The van der Waals surface area contributed by atoms with Crippen LogP contribution in [0.15, 0.2) is 41.4 Å². The summed E-state index contributed by atoms with van der Waals surface area (Å²) in [5.74, 6) is -1.08. The van der Waals surface area contributed by atoms with E-state index in [0.29, 0.717) is 16.9 Å². The molecule has 7 heteroatoms. The molecule has 0 fully saturated rings. The van der Waals surface area contributed by atoms with Crippen molar-refractivity contribution >= 4 is 28.5 Å². The topological polar surface area (TPSA) is 63.6 Å². The number of aromatic amines is 1. The average Bonchev–Trinajstić information content (AvgIpc) is 2.91. The molecule has 1 aromatic heterocycles. The third kappa shape index (κ3) is 4.25. The number of rotatable bonds is 6. The van der Waals surface area contributed by atoms with Crippen LogP contribution in [0, 0.1) is 11.6 Å². The van der Waals surface area contributed by atoms with Crippen molar-refractivity contribution in [1.82, 2.24) is 9.88 Å². The van der Waals surface area contributed by atoms with Gasteiger partial charge in [-0.05, 0) is 45.3 Å². The van der Waals surface area contributed by atoms with E-state index in [-0.39, 0.29) is 22.9 Å². The van der Waals surface area contributed by atoms with Crippen LogP contribution in [0.25, 0.3) is 10.9 Å². The molecule has 1 atom stereocenters. The van der Waals surface area contributed by atoms with E-state index in [1.165, 1.54) is 18.3 Å². The number of nitrogens with one attached hydrogen (secondary N) is 2. The Kier molecular flexibility index (Phi) is 5.41. The zero-order valence-corrected chi connectivity index (χ0v) is 15.4. The number of aliphatic imine (C=N–C) groups is 1. The minimum absolute atomic E-state index is 0.0787. The molecule has 3 aromatic rings. The second-order valence-corrected chi connectivity index (χ2v) is 6.78. The van der Waals surface area contributed by atoms with Crippen LogP contribution < -0.4 is 5.32 Å². The van der Waals surface area contributed by atoms with Crippen molar-refractivity contribution in [3.63, 3.8) is 0 Å². The molecule has 27 heavy (non-hydrogen) atoms. The molecule has 0 saturated carbocycles. The first-order valence-electron chi connectivity index (χ1n) is 8.59. The first-order valence-corrected chi connectivity index (χ1v) is 8.59. The molecule has 3 N–H and O–H groups in total. The number of hydrogen-bond acceptors (Lipinski definition) is 4. The highest BCUT2D eigenvalue weighted by molar-refractivity contribution is 6.02. The highest BCUT2D eigenvalue weighted by Crippen LogP contribution is 2.29. The summed E-state index contributed by atoms with van der Waals surface area (Å²) in [5.41, 5.74) is 1.45. The predicted molar refractivity (Wildman–Crippen MR) is 105 cm³/mol. The second kappa shape index (κ2) is 7.75. The average molecular weight is 372 g/mol. The molecule has 1 unspecified atom stereocenters.